The van der Waals surface area contributed by atoms with E-state index in [9.17, 15) is 0 Å². The van der Waals surface area contributed by atoms with Crippen molar-refractivity contribution in [2.24, 2.45) is 0 Å². The topological polar surface area (TPSA) is 42.2 Å². The smallest absolute Gasteiger partial charge is 0.181 e. The summed E-state index contributed by atoms with van der Waals surface area (Å²) in [4.78, 5) is 6.85. The zero-order valence-corrected chi connectivity index (χ0v) is 13.5. The van der Waals surface area contributed by atoms with Gasteiger partial charge in [0.1, 0.15) is 0 Å². The molecular formula is C16H25N3S. The molecule has 0 atom stereocenters. The summed E-state index contributed by atoms with van der Waals surface area (Å²) in [6, 6.07) is 7.08. The number of anilines is 1. The molecule has 0 saturated heterocycles. The first kappa shape index (κ1) is 15.3. The summed E-state index contributed by atoms with van der Waals surface area (Å²) in [5, 5.41) is 0.654. The number of fused-ring (bicyclic) bond motifs is 1. The molecule has 0 bridgehead atoms. The Labute approximate surface area is 125 Å². The van der Waals surface area contributed by atoms with Crippen LogP contribution in [0.25, 0.3) is 10.2 Å². The van der Waals surface area contributed by atoms with Gasteiger partial charge < -0.3 is 5.73 Å². The predicted octanol–water partition coefficient (Wildman–Crippen LogP) is 4.28. The van der Waals surface area contributed by atoms with Crippen molar-refractivity contribution in [3.8, 4) is 0 Å². The molecule has 0 saturated carbocycles. The number of thiazole rings is 1. The first-order valence-corrected chi connectivity index (χ1v) is 8.30. The average molecular weight is 291 g/mol. The Bertz CT molecular complexity index is 548. The SMILES string of the molecule is CCCCCN(Cc1ccc2nc(N)sc2c1)C(C)C. The van der Waals surface area contributed by atoms with Crippen LogP contribution < -0.4 is 5.73 Å². The molecule has 1 heterocycles. The highest BCUT2D eigenvalue weighted by Gasteiger charge is 2.11. The minimum Gasteiger partial charge on any atom is -0.375 e. The molecule has 0 fully saturated rings. The van der Waals surface area contributed by atoms with Crippen LogP contribution in [0.4, 0.5) is 5.13 Å². The first-order chi connectivity index (χ1) is 9.60. The number of unbranched alkanes of at least 4 members (excludes halogenated alkanes) is 2. The van der Waals surface area contributed by atoms with E-state index in [0.29, 0.717) is 11.2 Å². The summed E-state index contributed by atoms with van der Waals surface area (Å²) in [5.41, 5.74) is 8.13. The van der Waals surface area contributed by atoms with E-state index < -0.39 is 0 Å². The summed E-state index contributed by atoms with van der Waals surface area (Å²) in [7, 11) is 0. The standard InChI is InChI=1S/C16H25N3S/c1-4-5-6-9-19(12(2)3)11-13-7-8-14-15(10-13)20-16(17)18-14/h7-8,10,12H,4-6,9,11H2,1-3H3,(H2,17,18). The fourth-order valence-electron chi connectivity index (χ4n) is 2.40. The number of benzene rings is 1. The van der Waals surface area contributed by atoms with Crippen LogP contribution in [0.2, 0.25) is 0 Å². The van der Waals surface area contributed by atoms with E-state index in [1.807, 2.05) is 0 Å². The maximum Gasteiger partial charge on any atom is 0.181 e. The van der Waals surface area contributed by atoms with Crippen LogP contribution >= 0.6 is 11.3 Å². The van der Waals surface area contributed by atoms with Gasteiger partial charge in [0, 0.05) is 12.6 Å². The van der Waals surface area contributed by atoms with Crippen LogP contribution in [0.3, 0.4) is 0 Å². The zero-order valence-electron chi connectivity index (χ0n) is 12.7. The molecule has 0 aliphatic rings. The Kier molecular flexibility index (Phi) is 5.38. The molecule has 0 unspecified atom stereocenters. The highest BCUT2D eigenvalue weighted by atomic mass is 32.1. The predicted molar refractivity (Wildman–Crippen MR) is 89.1 cm³/mol. The zero-order chi connectivity index (χ0) is 14.5. The van der Waals surface area contributed by atoms with Gasteiger partial charge in [-0.25, -0.2) is 4.98 Å². The van der Waals surface area contributed by atoms with E-state index in [-0.39, 0.29) is 0 Å². The van der Waals surface area contributed by atoms with Gasteiger partial charge in [-0.2, -0.15) is 0 Å². The third-order valence-corrected chi connectivity index (χ3v) is 4.48. The third-order valence-electron chi connectivity index (χ3n) is 3.63. The lowest BCUT2D eigenvalue weighted by Gasteiger charge is -2.26. The maximum absolute atomic E-state index is 5.77. The van der Waals surface area contributed by atoms with Gasteiger partial charge in [-0.15, -0.1) is 0 Å². The molecule has 3 nitrogen and oxygen atoms in total. The summed E-state index contributed by atoms with van der Waals surface area (Å²) < 4.78 is 1.19. The van der Waals surface area contributed by atoms with Crippen molar-refractivity contribution < 1.29 is 0 Å². The second-order valence-electron chi connectivity index (χ2n) is 5.63. The van der Waals surface area contributed by atoms with Gasteiger partial charge in [0.25, 0.3) is 0 Å². The lowest BCUT2D eigenvalue weighted by Crippen LogP contribution is -2.31. The van der Waals surface area contributed by atoms with Gasteiger partial charge in [-0.1, -0.05) is 37.2 Å². The van der Waals surface area contributed by atoms with Crippen molar-refractivity contribution in [2.75, 3.05) is 12.3 Å². The van der Waals surface area contributed by atoms with Crippen molar-refractivity contribution >= 4 is 26.7 Å². The molecule has 20 heavy (non-hydrogen) atoms. The highest BCUT2D eigenvalue weighted by molar-refractivity contribution is 7.22. The average Bonchev–Trinajstić information content (AvgIpc) is 2.77. The van der Waals surface area contributed by atoms with Gasteiger partial charge in [0.05, 0.1) is 10.2 Å². The Morgan fingerprint density at radius 3 is 2.80 bits per heavy atom. The van der Waals surface area contributed by atoms with Gasteiger partial charge in [0.2, 0.25) is 0 Å². The van der Waals surface area contributed by atoms with Crippen LogP contribution in [0, 0.1) is 0 Å². The Morgan fingerprint density at radius 2 is 2.10 bits per heavy atom. The van der Waals surface area contributed by atoms with Crippen molar-refractivity contribution in [1.82, 2.24) is 9.88 Å². The van der Waals surface area contributed by atoms with Crippen molar-refractivity contribution in [2.45, 2.75) is 52.6 Å². The number of aromatic nitrogens is 1. The molecule has 4 heteroatoms. The minimum absolute atomic E-state index is 0.578. The Hall–Kier alpha value is -1.13. The van der Waals surface area contributed by atoms with E-state index in [0.717, 1.165) is 12.1 Å². The highest BCUT2D eigenvalue weighted by Crippen LogP contribution is 2.25. The number of nitrogens with zero attached hydrogens (tertiary/aromatic N) is 2. The summed E-state index contributed by atoms with van der Waals surface area (Å²) >= 11 is 1.57. The molecule has 2 N–H and O–H groups in total. The van der Waals surface area contributed by atoms with E-state index in [1.54, 1.807) is 11.3 Å². The molecule has 2 rings (SSSR count). The second-order valence-corrected chi connectivity index (χ2v) is 6.69. The molecule has 0 spiro atoms. The van der Waals surface area contributed by atoms with Crippen molar-refractivity contribution in [3.05, 3.63) is 23.8 Å². The van der Waals surface area contributed by atoms with Gasteiger partial charge in [-0.3, -0.25) is 4.90 Å². The third kappa shape index (κ3) is 3.93. The first-order valence-electron chi connectivity index (χ1n) is 7.49. The van der Waals surface area contributed by atoms with Crippen molar-refractivity contribution in [1.29, 1.82) is 0 Å². The van der Waals surface area contributed by atoms with Crippen LogP contribution in [0.1, 0.15) is 45.6 Å². The monoisotopic (exact) mass is 291 g/mol. The van der Waals surface area contributed by atoms with Crippen LogP contribution in [0.5, 0.6) is 0 Å². The van der Waals surface area contributed by atoms with Crippen LogP contribution in [-0.2, 0) is 6.54 Å². The quantitative estimate of drug-likeness (QED) is 0.774. The number of nitrogen functional groups attached to an aromatic ring is 1. The number of hydrogen-bond donors (Lipinski definition) is 1. The van der Waals surface area contributed by atoms with Crippen LogP contribution in [0.15, 0.2) is 18.2 Å². The second kappa shape index (κ2) is 7.04. The largest absolute Gasteiger partial charge is 0.375 e. The lowest BCUT2D eigenvalue weighted by molar-refractivity contribution is 0.208. The van der Waals surface area contributed by atoms with E-state index >= 15 is 0 Å². The van der Waals surface area contributed by atoms with Crippen molar-refractivity contribution in [3.63, 3.8) is 0 Å². The summed E-state index contributed by atoms with van der Waals surface area (Å²) in [6.45, 7) is 8.98. The number of nitrogens with two attached hydrogens (primary N) is 1. The Morgan fingerprint density at radius 1 is 1.30 bits per heavy atom. The molecule has 110 valence electrons. The van der Waals surface area contributed by atoms with Crippen LogP contribution in [-0.4, -0.2) is 22.5 Å². The van der Waals surface area contributed by atoms with Gasteiger partial charge >= 0.3 is 0 Å². The normalized spacial score (nSPS) is 11.8. The minimum atomic E-state index is 0.578. The maximum atomic E-state index is 5.77. The summed E-state index contributed by atoms with van der Waals surface area (Å²) in [6.07, 6.45) is 3.87. The molecule has 1 aromatic carbocycles. The molecule has 0 aliphatic carbocycles. The van der Waals surface area contributed by atoms with E-state index in [1.165, 1.54) is 36.1 Å². The molecule has 1 aromatic heterocycles. The fourth-order valence-corrected chi connectivity index (χ4v) is 3.20. The number of hydrogen-bond acceptors (Lipinski definition) is 4. The molecule has 0 amide bonds. The van der Waals surface area contributed by atoms with E-state index in [2.05, 4.69) is 48.9 Å². The molecule has 2 aromatic rings. The Balaban J connectivity index is 2.07. The van der Waals surface area contributed by atoms with Gasteiger partial charge in [-0.05, 0) is 44.5 Å². The van der Waals surface area contributed by atoms with Gasteiger partial charge in [0.15, 0.2) is 5.13 Å². The lowest BCUT2D eigenvalue weighted by atomic mass is 10.1. The molecule has 0 radical (unpaired) electrons. The fraction of sp³-hybridized carbons (Fsp3) is 0.562. The van der Waals surface area contributed by atoms with E-state index in [4.69, 9.17) is 5.73 Å². The molecule has 0 aliphatic heterocycles. The summed E-state index contributed by atoms with van der Waals surface area (Å²) in [5.74, 6) is 0. The molecular weight excluding hydrogens is 266 g/mol. The number of rotatable bonds is 7.